The maximum atomic E-state index is 10.7. The van der Waals surface area contributed by atoms with E-state index in [1.54, 1.807) is 12.1 Å². The van der Waals surface area contributed by atoms with Gasteiger partial charge >= 0.3 is 0 Å². The fourth-order valence-electron chi connectivity index (χ4n) is 2.88. The first-order valence-corrected chi connectivity index (χ1v) is 7.69. The first-order valence-electron chi connectivity index (χ1n) is 7.69. The van der Waals surface area contributed by atoms with Crippen molar-refractivity contribution in [1.29, 1.82) is 0 Å². The predicted octanol–water partition coefficient (Wildman–Crippen LogP) is 4.14. The molecule has 1 heterocycles. The van der Waals surface area contributed by atoms with Crippen molar-refractivity contribution in [2.24, 2.45) is 4.99 Å². The van der Waals surface area contributed by atoms with Gasteiger partial charge in [0, 0.05) is 30.2 Å². The average molecular weight is 297 g/mol. The van der Waals surface area contributed by atoms with Gasteiger partial charge in [0.2, 0.25) is 0 Å². The van der Waals surface area contributed by atoms with Crippen LogP contribution < -0.4 is 0 Å². The Morgan fingerprint density at radius 3 is 2.55 bits per heavy atom. The lowest BCUT2D eigenvalue weighted by atomic mass is 9.96. The van der Waals surface area contributed by atoms with Gasteiger partial charge in [-0.1, -0.05) is 19.3 Å². The zero-order valence-electron chi connectivity index (χ0n) is 12.4. The molecule has 1 aromatic heterocycles. The van der Waals surface area contributed by atoms with Crippen LogP contribution in [0.1, 0.15) is 37.8 Å². The summed E-state index contributed by atoms with van der Waals surface area (Å²) in [6.07, 6.45) is 10.1. The largest absolute Gasteiger partial charge is 0.316 e. The number of hydrogen-bond acceptors (Lipinski definition) is 3. The van der Waals surface area contributed by atoms with E-state index in [1.807, 2.05) is 29.1 Å². The van der Waals surface area contributed by atoms with E-state index in [9.17, 15) is 10.1 Å². The van der Waals surface area contributed by atoms with Gasteiger partial charge in [0.15, 0.2) is 0 Å². The lowest BCUT2D eigenvalue weighted by molar-refractivity contribution is -0.384. The number of hydrogen-bond donors (Lipinski definition) is 0. The maximum absolute atomic E-state index is 10.7. The Bertz CT molecular complexity index is 667. The Labute approximate surface area is 129 Å². The lowest BCUT2D eigenvalue weighted by Crippen LogP contribution is -2.10. The highest BCUT2D eigenvalue weighted by Gasteiger charge is 2.11. The van der Waals surface area contributed by atoms with Crippen LogP contribution in [-0.2, 0) is 0 Å². The fourth-order valence-corrected chi connectivity index (χ4v) is 2.88. The van der Waals surface area contributed by atoms with Crippen molar-refractivity contribution < 1.29 is 4.92 Å². The molecule has 0 N–H and O–H groups in total. The van der Waals surface area contributed by atoms with Gasteiger partial charge in [-0.15, -0.1) is 0 Å². The van der Waals surface area contributed by atoms with Crippen LogP contribution in [0, 0.1) is 10.1 Å². The molecule has 5 heteroatoms. The van der Waals surface area contributed by atoms with E-state index in [0.717, 1.165) is 11.4 Å². The molecule has 5 nitrogen and oxygen atoms in total. The average Bonchev–Trinajstić information content (AvgIpc) is 3.02. The van der Waals surface area contributed by atoms with Crippen LogP contribution in [0.5, 0.6) is 0 Å². The first-order chi connectivity index (χ1) is 10.7. The monoisotopic (exact) mass is 297 g/mol. The van der Waals surface area contributed by atoms with Gasteiger partial charge in [0.05, 0.1) is 16.7 Å². The predicted molar refractivity (Wildman–Crippen MR) is 86.9 cm³/mol. The summed E-state index contributed by atoms with van der Waals surface area (Å²) in [5.41, 5.74) is 2.01. The van der Waals surface area contributed by atoms with Crippen LogP contribution >= 0.6 is 0 Å². The summed E-state index contributed by atoms with van der Waals surface area (Å²) in [5, 5.41) is 10.7. The van der Waals surface area contributed by atoms with Crippen molar-refractivity contribution in [2.45, 2.75) is 38.1 Å². The number of non-ortho nitro benzene ring substituents is 1. The molecule has 1 saturated carbocycles. The summed E-state index contributed by atoms with van der Waals surface area (Å²) in [4.78, 5) is 15.0. The summed E-state index contributed by atoms with van der Waals surface area (Å²) in [6.45, 7) is 0. The van der Waals surface area contributed by atoms with E-state index in [1.165, 1.54) is 44.2 Å². The number of nitro benzene ring substituents is 1. The van der Waals surface area contributed by atoms with Crippen molar-refractivity contribution in [3.8, 4) is 5.69 Å². The Balaban J connectivity index is 1.79. The van der Waals surface area contributed by atoms with E-state index in [-0.39, 0.29) is 10.6 Å². The Morgan fingerprint density at radius 1 is 1.14 bits per heavy atom. The molecule has 1 aromatic carbocycles. The molecule has 114 valence electrons. The molecule has 0 amide bonds. The van der Waals surface area contributed by atoms with E-state index in [4.69, 9.17) is 4.99 Å². The van der Waals surface area contributed by atoms with E-state index in [0.29, 0.717) is 6.04 Å². The third-order valence-electron chi connectivity index (χ3n) is 4.11. The highest BCUT2D eigenvalue weighted by molar-refractivity contribution is 5.78. The summed E-state index contributed by atoms with van der Waals surface area (Å²) < 4.78 is 2.00. The maximum Gasteiger partial charge on any atom is 0.269 e. The van der Waals surface area contributed by atoms with Gasteiger partial charge in [-0.05, 0) is 37.1 Å². The summed E-state index contributed by atoms with van der Waals surface area (Å²) in [5.74, 6) is 0. The SMILES string of the molecule is O=[N+]([O-])c1ccc(-n2cccc2C=NC2CCCCC2)cc1. The van der Waals surface area contributed by atoms with Crippen LogP contribution in [0.15, 0.2) is 47.6 Å². The molecule has 0 radical (unpaired) electrons. The molecule has 0 unspecified atom stereocenters. The van der Waals surface area contributed by atoms with Crippen molar-refractivity contribution in [3.63, 3.8) is 0 Å². The second-order valence-corrected chi connectivity index (χ2v) is 5.65. The molecule has 0 spiro atoms. The summed E-state index contributed by atoms with van der Waals surface area (Å²) in [6, 6.07) is 11.0. The van der Waals surface area contributed by atoms with Crippen LogP contribution in [0.3, 0.4) is 0 Å². The molecular formula is C17H19N3O2. The van der Waals surface area contributed by atoms with E-state index < -0.39 is 0 Å². The molecule has 0 bridgehead atoms. The van der Waals surface area contributed by atoms with Crippen LogP contribution in [0.25, 0.3) is 5.69 Å². The van der Waals surface area contributed by atoms with E-state index in [2.05, 4.69) is 0 Å². The third-order valence-corrected chi connectivity index (χ3v) is 4.11. The second-order valence-electron chi connectivity index (χ2n) is 5.65. The Hall–Kier alpha value is -2.43. The van der Waals surface area contributed by atoms with Crippen molar-refractivity contribution in [3.05, 3.63) is 58.4 Å². The quantitative estimate of drug-likeness (QED) is 0.484. The van der Waals surface area contributed by atoms with Crippen LogP contribution in [0.2, 0.25) is 0 Å². The summed E-state index contributed by atoms with van der Waals surface area (Å²) >= 11 is 0. The molecule has 0 atom stereocenters. The topological polar surface area (TPSA) is 60.4 Å². The minimum absolute atomic E-state index is 0.105. The zero-order chi connectivity index (χ0) is 15.4. The van der Waals surface area contributed by atoms with Crippen LogP contribution in [-0.4, -0.2) is 21.7 Å². The minimum Gasteiger partial charge on any atom is -0.316 e. The lowest BCUT2D eigenvalue weighted by Gasteiger charge is -2.17. The molecule has 22 heavy (non-hydrogen) atoms. The molecule has 3 rings (SSSR count). The van der Waals surface area contributed by atoms with Gasteiger partial charge in [0.25, 0.3) is 5.69 Å². The number of aromatic nitrogens is 1. The number of nitro groups is 1. The van der Waals surface area contributed by atoms with Gasteiger partial charge in [-0.2, -0.15) is 0 Å². The Morgan fingerprint density at radius 2 is 1.86 bits per heavy atom. The van der Waals surface area contributed by atoms with Gasteiger partial charge in [-0.25, -0.2) is 0 Å². The van der Waals surface area contributed by atoms with Crippen molar-refractivity contribution >= 4 is 11.9 Å². The molecule has 1 aliphatic rings. The van der Waals surface area contributed by atoms with Crippen molar-refractivity contribution in [1.82, 2.24) is 4.57 Å². The number of nitrogens with zero attached hydrogens (tertiary/aromatic N) is 3. The van der Waals surface area contributed by atoms with E-state index >= 15 is 0 Å². The summed E-state index contributed by atoms with van der Waals surface area (Å²) in [7, 11) is 0. The standard InChI is InChI=1S/C17H19N3O2/c21-20(22)16-10-8-15(9-11-16)19-12-4-7-17(19)13-18-14-5-2-1-3-6-14/h4,7-14H,1-3,5-6H2. The number of benzene rings is 1. The number of rotatable bonds is 4. The highest BCUT2D eigenvalue weighted by atomic mass is 16.6. The molecular weight excluding hydrogens is 278 g/mol. The van der Waals surface area contributed by atoms with Gasteiger partial charge in [0.1, 0.15) is 0 Å². The molecule has 0 aliphatic heterocycles. The smallest absolute Gasteiger partial charge is 0.269 e. The molecule has 1 aliphatic carbocycles. The van der Waals surface area contributed by atoms with Crippen LogP contribution in [0.4, 0.5) is 5.69 Å². The molecule has 0 saturated heterocycles. The zero-order valence-corrected chi connectivity index (χ0v) is 12.4. The highest BCUT2D eigenvalue weighted by Crippen LogP contribution is 2.21. The molecule has 2 aromatic rings. The van der Waals surface area contributed by atoms with Crippen molar-refractivity contribution in [2.75, 3.05) is 0 Å². The Kier molecular flexibility index (Phi) is 4.32. The second kappa shape index (κ2) is 6.56. The molecule has 1 fully saturated rings. The third kappa shape index (κ3) is 3.24. The number of aliphatic imine (C=N–C) groups is 1. The normalized spacial score (nSPS) is 16.2. The minimum atomic E-state index is -0.384. The first kappa shape index (κ1) is 14.5. The van der Waals surface area contributed by atoms with Gasteiger partial charge < -0.3 is 4.57 Å². The fraction of sp³-hybridized carbons (Fsp3) is 0.353. The van der Waals surface area contributed by atoms with Gasteiger partial charge in [-0.3, -0.25) is 15.1 Å².